The van der Waals surface area contributed by atoms with E-state index in [1.807, 2.05) is 18.3 Å². The van der Waals surface area contributed by atoms with Gasteiger partial charge in [-0.1, -0.05) is 25.5 Å². The van der Waals surface area contributed by atoms with Gasteiger partial charge in [-0.05, 0) is 35.7 Å². The molecule has 2 aromatic rings. The molecule has 1 aliphatic heterocycles. The van der Waals surface area contributed by atoms with Crippen LogP contribution in [0.2, 0.25) is 0 Å². The normalized spacial score (nSPS) is 13.2. The number of hydrogen-bond acceptors (Lipinski definition) is 3. The quantitative estimate of drug-likeness (QED) is 0.754. The van der Waals surface area contributed by atoms with Crippen molar-refractivity contribution < 1.29 is 9.47 Å². The molecule has 0 N–H and O–H groups in total. The summed E-state index contributed by atoms with van der Waals surface area (Å²) in [6, 6.07) is 10.5. The number of unbranched alkanes of at least 4 members (excludes halogenated alkanes) is 1. The van der Waals surface area contributed by atoms with Gasteiger partial charge in [-0.15, -0.1) is 0 Å². The molecule has 21 heavy (non-hydrogen) atoms. The van der Waals surface area contributed by atoms with Crippen molar-refractivity contribution in [2.75, 3.05) is 6.61 Å². The smallest absolute Gasteiger partial charge is 0.119 e. The molecule has 110 valence electrons. The second-order valence-electron chi connectivity index (χ2n) is 5.46. The standard InChI is InChI=1S/C18H21NO2/c1-2-3-8-21-18-6-4-14(5-7-18)9-17-10-15-12-20-13-16(15)11-19-17/h4-7,10-11H,2-3,8-9,12-13H2,1H3. The summed E-state index contributed by atoms with van der Waals surface area (Å²) in [5, 5.41) is 0. The zero-order chi connectivity index (χ0) is 14.5. The molecule has 0 fully saturated rings. The van der Waals surface area contributed by atoms with Gasteiger partial charge in [0.15, 0.2) is 0 Å². The molecule has 3 nitrogen and oxygen atoms in total. The summed E-state index contributed by atoms with van der Waals surface area (Å²) in [5.74, 6) is 0.947. The number of hydrogen-bond donors (Lipinski definition) is 0. The summed E-state index contributed by atoms with van der Waals surface area (Å²) < 4.78 is 11.1. The molecule has 0 saturated heterocycles. The van der Waals surface area contributed by atoms with Crippen molar-refractivity contribution in [3.8, 4) is 5.75 Å². The topological polar surface area (TPSA) is 31.4 Å². The fraction of sp³-hybridized carbons (Fsp3) is 0.389. The van der Waals surface area contributed by atoms with Crippen LogP contribution < -0.4 is 4.74 Å². The molecule has 0 radical (unpaired) electrons. The number of ether oxygens (including phenoxy) is 2. The molecule has 1 aromatic carbocycles. The monoisotopic (exact) mass is 283 g/mol. The van der Waals surface area contributed by atoms with Crippen LogP contribution in [0.15, 0.2) is 36.5 Å². The Morgan fingerprint density at radius 2 is 1.95 bits per heavy atom. The molecule has 0 spiro atoms. The van der Waals surface area contributed by atoms with Crippen LogP contribution in [0.4, 0.5) is 0 Å². The third kappa shape index (κ3) is 3.61. The molecule has 0 amide bonds. The average molecular weight is 283 g/mol. The molecular formula is C18H21NO2. The van der Waals surface area contributed by atoms with E-state index in [1.54, 1.807) is 0 Å². The molecule has 3 rings (SSSR count). The van der Waals surface area contributed by atoms with Crippen LogP contribution in [0.1, 0.15) is 42.1 Å². The highest BCUT2D eigenvalue weighted by molar-refractivity contribution is 5.33. The number of fused-ring (bicyclic) bond motifs is 1. The first-order chi connectivity index (χ1) is 10.3. The second-order valence-corrected chi connectivity index (χ2v) is 5.46. The van der Waals surface area contributed by atoms with Gasteiger partial charge in [0.2, 0.25) is 0 Å². The van der Waals surface area contributed by atoms with Gasteiger partial charge < -0.3 is 9.47 Å². The highest BCUT2D eigenvalue weighted by atomic mass is 16.5. The van der Waals surface area contributed by atoms with Crippen molar-refractivity contribution in [2.45, 2.75) is 39.4 Å². The maximum atomic E-state index is 5.68. The van der Waals surface area contributed by atoms with Gasteiger partial charge in [-0.2, -0.15) is 0 Å². The fourth-order valence-corrected chi connectivity index (χ4v) is 2.45. The van der Waals surface area contributed by atoms with Gasteiger partial charge in [0.1, 0.15) is 5.75 Å². The highest BCUT2D eigenvalue weighted by Gasteiger charge is 2.12. The lowest BCUT2D eigenvalue weighted by Gasteiger charge is -2.07. The Hall–Kier alpha value is -1.87. The minimum Gasteiger partial charge on any atom is -0.494 e. The molecule has 0 atom stereocenters. The first-order valence-electron chi connectivity index (χ1n) is 7.61. The molecule has 0 saturated carbocycles. The highest BCUT2D eigenvalue weighted by Crippen LogP contribution is 2.21. The average Bonchev–Trinajstić information content (AvgIpc) is 2.97. The number of nitrogens with zero attached hydrogens (tertiary/aromatic N) is 1. The van der Waals surface area contributed by atoms with Crippen LogP contribution in [-0.2, 0) is 24.4 Å². The Bertz CT molecular complexity index is 593. The lowest BCUT2D eigenvalue weighted by atomic mass is 10.1. The SMILES string of the molecule is CCCCOc1ccc(Cc2cc3c(cn2)COC3)cc1. The van der Waals surface area contributed by atoms with Crippen molar-refractivity contribution >= 4 is 0 Å². The van der Waals surface area contributed by atoms with Gasteiger partial charge >= 0.3 is 0 Å². The van der Waals surface area contributed by atoms with E-state index in [-0.39, 0.29) is 0 Å². The Balaban J connectivity index is 1.62. The lowest BCUT2D eigenvalue weighted by Crippen LogP contribution is -1.97. The zero-order valence-electron chi connectivity index (χ0n) is 12.5. The minimum absolute atomic E-state index is 0.701. The third-order valence-corrected chi connectivity index (χ3v) is 3.73. The van der Waals surface area contributed by atoms with E-state index in [0.717, 1.165) is 43.9 Å². The Morgan fingerprint density at radius 3 is 2.76 bits per heavy atom. The van der Waals surface area contributed by atoms with E-state index >= 15 is 0 Å². The third-order valence-electron chi connectivity index (χ3n) is 3.73. The van der Waals surface area contributed by atoms with E-state index in [0.29, 0.717) is 6.61 Å². The predicted molar refractivity (Wildman–Crippen MR) is 82.4 cm³/mol. The number of rotatable bonds is 6. The number of aromatic nitrogens is 1. The van der Waals surface area contributed by atoms with Crippen LogP contribution in [-0.4, -0.2) is 11.6 Å². The fourth-order valence-electron chi connectivity index (χ4n) is 2.45. The molecule has 1 aromatic heterocycles. The molecule has 2 heterocycles. The van der Waals surface area contributed by atoms with Gasteiger partial charge in [-0.3, -0.25) is 4.98 Å². The zero-order valence-corrected chi connectivity index (χ0v) is 12.5. The molecule has 1 aliphatic rings. The second kappa shape index (κ2) is 6.72. The largest absolute Gasteiger partial charge is 0.494 e. The molecule has 0 aliphatic carbocycles. The minimum atomic E-state index is 0.701. The molecule has 0 bridgehead atoms. The van der Waals surface area contributed by atoms with Crippen LogP contribution >= 0.6 is 0 Å². The van der Waals surface area contributed by atoms with E-state index in [9.17, 15) is 0 Å². The first-order valence-corrected chi connectivity index (χ1v) is 7.61. The predicted octanol–water partition coefficient (Wildman–Crippen LogP) is 3.88. The van der Waals surface area contributed by atoms with Crippen LogP contribution in [0, 0.1) is 0 Å². The van der Waals surface area contributed by atoms with Gasteiger partial charge in [0.25, 0.3) is 0 Å². The molecular weight excluding hydrogens is 262 g/mol. The summed E-state index contributed by atoms with van der Waals surface area (Å²) in [6.45, 7) is 4.38. The van der Waals surface area contributed by atoms with Crippen LogP contribution in [0.3, 0.4) is 0 Å². The Kier molecular flexibility index (Phi) is 4.51. The van der Waals surface area contributed by atoms with Crippen molar-refractivity contribution in [2.24, 2.45) is 0 Å². The van der Waals surface area contributed by atoms with Crippen LogP contribution in [0.25, 0.3) is 0 Å². The Labute approximate surface area is 125 Å². The van der Waals surface area contributed by atoms with Crippen molar-refractivity contribution in [1.29, 1.82) is 0 Å². The van der Waals surface area contributed by atoms with E-state index < -0.39 is 0 Å². The summed E-state index contributed by atoms with van der Waals surface area (Å²) in [5.41, 5.74) is 4.85. The Morgan fingerprint density at radius 1 is 1.14 bits per heavy atom. The van der Waals surface area contributed by atoms with E-state index in [4.69, 9.17) is 9.47 Å². The summed E-state index contributed by atoms with van der Waals surface area (Å²) in [7, 11) is 0. The molecule has 3 heteroatoms. The number of pyridine rings is 1. The van der Waals surface area contributed by atoms with Crippen molar-refractivity contribution in [3.63, 3.8) is 0 Å². The molecule has 0 unspecified atom stereocenters. The lowest BCUT2D eigenvalue weighted by molar-refractivity contribution is 0.134. The first kappa shape index (κ1) is 14.1. The number of benzene rings is 1. The summed E-state index contributed by atoms with van der Waals surface area (Å²) in [4.78, 5) is 4.52. The van der Waals surface area contributed by atoms with Gasteiger partial charge in [0, 0.05) is 23.9 Å². The summed E-state index contributed by atoms with van der Waals surface area (Å²) >= 11 is 0. The van der Waals surface area contributed by atoms with Crippen molar-refractivity contribution in [3.05, 3.63) is 58.9 Å². The van der Waals surface area contributed by atoms with Gasteiger partial charge in [-0.25, -0.2) is 0 Å². The summed E-state index contributed by atoms with van der Waals surface area (Å²) in [6.07, 6.45) is 5.05. The van der Waals surface area contributed by atoms with Crippen molar-refractivity contribution in [1.82, 2.24) is 4.98 Å². The maximum absolute atomic E-state index is 5.68. The maximum Gasteiger partial charge on any atom is 0.119 e. The van der Waals surface area contributed by atoms with Crippen LogP contribution in [0.5, 0.6) is 5.75 Å². The van der Waals surface area contributed by atoms with E-state index in [2.05, 4.69) is 30.1 Å². The van der Waals surface area contributed by atoms with E-state index in [1.165, 1.54) is 16.7 Å². The van der Waals surface area contributed by atoms with Gasteiger partial charge in [0.05, 0.1) is 19.8 Å².